The molecule has 13 heavy (non-hydrogen) atoms. The minimum absolute atomic E-state index is 0.0182. The summed E-state index contributed by atoms with van der Waals surface area (Å²) in [6, 6.07) is 0. The molecule has 0 N–H and O–H groups in total. The molecule has 1 aromatic rings. The Morgan fingerprint density at radius 3 is 2.77 bits per heavy atom. The first-order valence-corrected chi connectivity index (χ1v) is 5.54. The Balaban J connectivity index is 2.76. The first-order valence-electron chi connectivity index (χ1n) is 4.66. The molecular formula is C10H15NOS. The first-order chi connectivity index (χ1) is 6.19. The van der Waals surface area contributed by atoms with Gasteiger partial charge in [0.2, 0.25) is 0 Å². The lowest BCUT2D eigenvalue weighted by Gasteiger charge is -2.03. The zero-order chi connectivity index (χ0) is 9.84. The van der Waals surface area contributed by atoms with Gasteiger partial charge in [0, 0.05) is 11.8 Å². The molecule has 0 aromatic carbocycles. The lowest BCUT2D eigenvalue weighted by Crippen LogP contribution is -2.07. The van der Waals surface area contributed by atoms with Crippen LogP contribution in [0.15, 0.2) is 5.38 Å². The maximum absolute atomic E-state index is 11.4. The Kier molecular flexibility index (Phi) is 3.60. The van der Waals surface area contributed by atoms with Gasteiger partial charge in [-0.15, -0.1) is 11.3 Å². The second-order valence-corrected chi connectivity index (χ2v) is 3.96. The fraction of sp³-hybridized carbons (Fsp3) is 0.600. The van der Waals surface area contributed by atoms with Gasteiger partial charge in [-0.3, -0.25) is 4.79 Å². The van der Waals surface area contributed by atoms with Crippen LogP contribution in [0.3, 0.4) is 0 Å². The zero-order valence-electron chi connectivity index (χ0n) is 8.33. The lowest BCUT2D eigenvalue weighted by atomic mass is 10.1. The topological polar surface area (TPSA) is 30.0 Å². The number of hydrogen-bond donors (Lipinski definition) is 0. The van der Waals surface area contributed by atoms with Crippen LogP contribution in [-0.4, -0.2) is 10.8 Å². The van der Waals surface area contributed by atoms with E-state index in [0.29, 0.717) is 6.42 Å². The largest absolute Gasteiger partial charge is 0.299 e. The van der Waals surface area contributed by atoms with E-state index >= 15 is 0 Å². The summed E-state index contributed by atoms with van der Waals surface area (Å²) in [5, 5.41) is 3.00. The molecule has 72 valence electrons. The number of rotatable bonds is 4. The van der Waals surface area contributed by atoms with Gasteiger partial charge in [0.25, 0.3) is 0 Å². The number of carbonyl (C=O) groups excluding carboxylic acids is 1. The van der Waals surface area contributed by atoms with Crippen molar-refractivity contribution in [3.05, 3.63) is 16.1 Å². The molecule has 1 atom stereocenters. The summed E-state index contributed by atoms with van der Waals surface area (Å²) >= 11 is 1.59. The Morgan fingerprint density at radius 2 is 2.31 bits per heavy atom. The Morgan fingerprint density at radius 1 is 1.62 bits per heavy atom. The lowest BCUT2D eigenvalue weighted by molar-refractivity contribution is -0.119. The monoisotopic (exact) mass is 197 g/mol. The van der Waals surface area contributed by atoms with Crippen molar-refractivity contribution in [3.63, 3.8) is 0 Å². The number of carbonyl (C=O) groups is 1. The second kappa shape index (κ2) is 4.51. The maximum atomic E-state index is 11.4. The number of nitrogens with zero attached hydrogens (tertiary/aromatic N) is 1. The molecule has 0 aliphatic carbocycles. The highest BCUT2D eigenvalue weighted by Crippen LogP contribution is 2.21. The van der Waals surface area contributed by atoms with E-state index in [2.05, 4.69) is 11.9 Å². The standard InChI is InChI=1S/C10H15NOS/c1-4-8-6-13-10(11-8)7(3)9(12)5-2/h6-7H,4-5H2,1-3H3. The van der Waals surface area contributed by atoms with Crippen molar-refractivity contribution >= 4 is 17.1 Å². The third-order valence-corrected chi connectivity index (χ3v) is 3.21. The summed E-state index contributed by atoms with van der Waals surface area (Å²) in [6.45, 7) is 5.91. The minimum atomic E-state index is -0.0182. The van der Waals surface area contributed by atoms with E-state index in [9.17, 15) is 4.79 Å². The zero-order valence-corrected chi connectivity index (χ0v) is 9.15. The number of aryl methyl sites for hydroxylation is 1. The van der Waals surface area contributed by atoms with Crippen LogP contribution in [0.4, 0.5) is 0 Å². The number of Topliss-reactive ketones (excluding diaryl/α,β-unsaturated/α-hetero) is 1. The second-order valence-electron chi connectivity index (χ2n) is 3.07. The molecule has 0 bridgehead atoms. The van der Waals surface area contributed by atoms with Crippen LogP contribution in [0.2, 0.25) is 0 Å². The van der Waals surface area contributed by atoms with E-state index in [4.69, 9.17) is 0 Å². The fourth-order valence-electron chi connectivity index (χ4n) is 1.13. The number of ketones is 1. The highest BCUT2D eigenvalue weighted by atomic mass is 32.1. The van der Waals surface area contributed by atoms with Gasteiger partial charge in [0.1, 0.15) is 10.8 Å². The van der Waals surface area contributed by atoms with Crippen LogP contribution in [0.25, 0.3) is 0 Å². The molecular weight excluding hydrogens is 182 g/mol. The van der Waals surface area contributed by atoms with E-state index < -0.39 is 0 Å². The third kappa shape index (κ3) is 2.37. The molecule has 0 saturated carbocycles. The number of thiazole rings is 1. The fourth-order valence-corrected chi connectivity index (χ4v) is 2.11. The molecule has 0 amide bonds. The Hall–Kier alpha value is -0.700. The summed E-state index contributed by atoms with van der Waals surface area (Å²) < 4.78 is 0. The van der Waals surface area contributed by atoms with Crippen LogP contribution < -0.4 is 0 Å². The SMILES string of the molecule is CCC(=O)C(C)c1nc(CC)cs1. The van der Waals surface area contributed by atoms with Gasteiger partial charge in [-0.2, -0.15) is 0 Å². The van der Waals surface area contributed by atoms with Crippen molar-refractivity contribution in [1.82, 2.24) is 4.98 Å². The number of aromatic nitrogens is 1. The van der Waals surface area contributed by atoms with Gasteiger partial charge in [-0.05, 0) is 13.3 Å². The van der Waals surface area contributed by atoms with Gasteiger partial charge >= 0.3 is 0 Å². The quantitative estimate of drug-likeness (QED) is 0.743. The van der Waals surface area contributed by atoms with Crippen molar-refractivity contribution in [2.24, 2.45) is 0 Å². The van der Waals surface area contributed by atoms with Crippen LogP contribution in [0, 0.1) is 0 Å². The Labute approximate surface area is 83.0 Å². The summed E-state index contributed by atoms with van der Waals surface area (Å²) in [5.41, 5.74) is 1.09. The van der Waals surface area contributed by atoms with Gasteiger partial charge in [0.15, 0.2) is 0 Å². The van der Waals surface area contributed by atoms with E-state index in [1.165, 1.54) is 0 Å². The average Bonchev–Trinajstić information content (AvgIpc) is 2.63. The molecule has 1 unspecified atom stereocenters. The van der Waals surface area contributed by atoms with Crippen molar-refractivity contribution in [2.45, 2.75) is 39.5 Å². The smallest absolute Gasteiger partial charge is 0.142 e. The molecule has 0 aliphatic heterocycles. The van der Waals surface area contributed by atoms with Gasteiger partial charge in [0.05, 0.1) is 11.6 Å². The molecule has 0 aliphatic rings. The molecule has 1 heterocycles. The van der Waals surface area contributed by atoms with Gasteiger partial charge in [-0.1, -0.05) is 13.8 Å². The molecule has 0 fully saturated rings. The summed E-state index contributed by atoms with van der Waals surface area (Å²) in [5.74, 6) is 0.257. The molecule has 0 spiro atoms. The maximum Gasteiger partial charge on any atom is 0.142 e. The minimum Gasteiger partial charge on any atom is -0.299 e. The van der Waals surface area contributed by atoms with E-state index in [1.54, 1.807) is 11.3 Å². The van der Waals surface area contributed by atoms with Crippen molar-refractivity contribution in [2.75, 3.05) is 0 Å². The van der Waals surface area contributed by atoms with Gasteiger partial charge < -0.3 is 0 Å². The van der Waals surface area contributed by atoms with Crippen molar-refractivity contribution in [3.8, 4) is 0 Å². The Bertz CT molecular complexity index is 293. The van der Waals surface area contributed by atoms with Crippen LogP contribution in [-0.2, 0) is 11.2 Å². The third-order valence-electron chi connectivity index (χ3n) is 2.13. The molecule has 0 saturated heterocycles. The molecule has 0 radical (unpaired) electrons. The molecule has 3 heteroatoms. The van der Waals surface area contributed by atoms with E-state index in [-0.39, 0.29) is 11.7 Å². The normalized spacial score (nSPS) is 12.8. The average molecular weight is 197 g/mol. The summed E-state index contributed by atoms with van der Waals surface area (Å²) in [4.78, 5) is 15.8. The summed E-state index contributed by atoms with van der Waals surface area (Å²) in [6.07, 6.45) is 1.55. The van der Waals surface area contributed by atoms with Crippen LogP contribution in [0.1, 0.15) is 43.8 Å². The van der Waals surface area contributed by atoms with E-state index in [1.807, 2.05) is 19.2 Å². The van der Waals surface area contributed by atoms with E-state index in [0.717, 1.165) is 17.1 Å². The predicted octanol–water partition coefficient (Wildman–Crippen LogP) is 2.79. The van der Waals surface area contributed by atoms with Crippen molar-refractivity contribution < 1.29 is 4.79 Å². The molecule has 1 rings (SSSR count). The highest BCUT2D eigenvalue weighted by Gasteiger charge is 2.16. The van der Waals surface area contributed by atoms with Crippen LogP contribution in [0.5, 0.6) is 0 Å². The molecule has 2 nitrogen and oxygen atoms in total. The number of hydrogen-bond acceptors (Lipinski definition) is 3. The summed E-state index contributed by atoms with van der Waals surface area (Å²) in [7, 11) is 0. The van der Waals surface area contributed by atoms with Crippen molar-refractivity contribution in [1.29, 1.82) is 0 Å². The van der Waals surface area contributed by atoms with Crippen LogP contribution >= 0.6 is 11.3 Å². The van der Waals surface area contributed by atoms with Gasteiger partial charge in [-0.25, -0.2) is 4.98 Å². The first kappa shape index (κ1) is 10.4. The predicted molar refractivity (Wildman–Crippen MR) is 55.2 cm³/mol. The molecule has 1 aromatic heterocycles. The highest BCUT2D eigenvalue weighted by molar-refractivity contribution is 7.09.